The maximum absolute atomic E-state index is 13.0. The van der Waals surface area contributed by atoms with Gasteiger partial charge in [0.1, 0.15) is 17.4 Å². The Bertz CT molecular complexity index is 735. The quantitative estimate of drug-likeness (QED) is 0.763. The van der Waals surface area contributed by atoms with Crippen LogP contribution in [0.4, 0.5) is 8.78 Å². The molecule has 2 aromatic rings. The second kappa shape index (κ2) is 8.77. The van der Waals surface area contributed by atoms with Crippen molar-refractivity contribution in [3.05, 3.63) is 65.7 Å². The summed E-state index contributed by atoms with van der Waals surface area (Å²) in [6.07, 6.45) is 0.278. The molecule has 1 unspecified atom stereocenters. The number of halogens is 2. The number of hydrogen-bond acceptors (Lipinski definition) is 3. The molecule has 1 atom stereocenters. The number of rotatable bonds is 8. The number of benzene rings is 2. The van der Waals surface area contributed by atoms with Crippen molar-refractivity contribution >= 4 is 11.8 Å². The van der Waals surface area contributed by atoms with Gasteiger partial charge in [-0.2, -0.15) is 0 Å². The minimum absolute atomic E-state index is 0.0258. The smallest absolute Gasteiger partial charge is 0.257 e. The molecule has 2 aromatic carbocycles. The van der Waals surface area contributed by atoms with Gasteiger partial charge in [-0.15, -0.1) is 0 Å². The summed E-state index contributed by atoms with van der Waals surface area (Å²) in [4.78, 5) is 23.3. The van der Waals surface area contributed by atoms with Gasteiger partial charge in [0.15, 0.2) is 6.61 Å². The molecule has 0 bridgehead atoms. The molecule has 5 nitrogen and oxygen atoms in total. The zero-order valence-corrected chi connectivity index (χ0v) is 13.4. The van der Waals surface area contributed by atoms with Crippen molar-refractivity contribution in [1.29, 1.82) is 0 Å². The van der Waals surface area contributed by atoms with Gasteiger partial charge in [0.25, 0.3) is 5.91 Å². The van der Waals surface area contributed by atoms with Crippen molar-refractivity contribution in [3.63, 3.8) is 0 Å². The number of nitrogens with two attached hydrogens (primary N) is 1. The average molecular weight is 348 g/mol. The number of nitrogens with one attached hydrogen (secondary N) is 1. The predicted molar refractivity (Wildman–Crippen MR) is 87.7 cm³/mol. The topological polar surface area (TPSA) is 81.4 Å². The van der Waals surface area contributed by atoms with Crippen molar-refractivity contribution in [3.8, 4) is 5.75 Å². The number of amides is 2. The molecule has 7 heteroatoms. The number of hydrogen-bond donors (Lipinski definition) is 2. The molecule has 0 saturated heterocycles. The number of carbonyl (C=O) groups excluding carboxylic acids is 2. The Kier molecular flexibility index (Phi) is 6.45. The lowest BCUT2D eigenvalue weighted by Gasteiger charge is -2.15. The van der Waals surface area contributed by atoms with Crippen LogP contribution in [0, 0.1) is 17.6 Å². The van der Waals surface area contributed by atoms with E-state index in [-0.39, 0.29) is 31.1 Å². The Morgan fingerprint density at radius 3 is 2.44 bits per heavy atom. The van der Waals surface area contributed by atoms with E-state index in [1.807, 2.05) is 0 Å². The van der Waals surface area contributed by atoms with Crippen LogP contribution in [-0.2, 0) is 16.0 Å². The first-order chi connectivity index (χ1) is 11.9. The normalized spacial score (nSPS) is 11.6. The lowest BCUT2D eigenvalue weighted by molar-refractivity contribution is -0.124. The van der Waals surface area contributed by atoms with Crippen molar-refractivity contribution in [2.45, 2.75) is 6.42 Å². The molecule has 0 saturated carbocycles. The van der Waals surface area contributed by atoms with Gasteiger partial charge >= 0.3 is 0 Å². The highest BCUT2D eigenvalue weighted by molar-refractivity contribution is 5.80. The molecule has 3 N–H and O–H groups in total. The van der Waals surface area contributed by atoms with Gasteiger partial charge in [-0.3, -0.25) is 9.59 Å². The summed E-state index contributed by atoms with van der Waals surface area (Å²) in [5, 5.41) is 2.55. The van der Waals surface area contributed by atoms with E-state index in [0.29, 0.717) is 0 Å². The maximum atomic E-state index is 13.0. The number of ether oxygens (including phenoxy) is 1. The Balaban J connectivity index is 1.82. The Hall–Kier alpha value is -2.96. The van der Waals surface area contributed by atoms with E-state index in [1.54, 1.807) is 12.1 Å². The van der Waals surface area contributed by atoms with E-state index in [0.717, 1.165) is 11.6 Å². The fraction of sp³-hybridized carbons (Fsp3) is 0.222. The van der Waals surface area contributed by atoms with Gasteiger partial charge in [0, 0.05) is 12.6 Å². The molecule has 0 aromatic heterocycles. The third kappa shape index (κ3) is 6.21. The van der Waals surface area contributed by atoms with Gasteiger partial charge in [-0.1, -0.05) is 18.2 Å². The third-order valence-corrected chi connectivity index (χ3v) is 3.51. The first kappa shape index (κ1) is 18.4. The molecule has 0 aliphatic rings. The third-order valence-electron chi connectivity index (χ3n) is 3.51. The van der Waals surface area contributed by atoms with Crippen LogP contribution in [0.1, 0.15) is 5.56 Å². The van der Waals surface area contributed by atoms with Crippen molar-refractivity contribution in [1.82, 2.24) is 5.32 Å². The maximum Gasteiger partial charge on any atom is 0.257 e. The van der Waals surface area contributed by atoms with Gasteiger partial charge in [0.05, 0.1) is 5.92 Å². The molecule has 132 valence electrons. The lowest BCUT2D eigenvalue weighted by atomic mass is 9.98. The summed E-state index contributed by atoms with van der Waals surface area (Å²) in [7, 11) is 0. The van der Waals surface area contributed by atoms with E-state index in [4.69, 9.17) is 10.5 Å². The second-order valence-electron chi connectivity index (χ2n) is 5.48. The Morgan fingerprint density at radius 2 is 1.80 bits per heavy atom. The first-order valence-electron chi connectivity index (χ1n) is 7.63. The number of primary amides is 1. The molecule has 2 amide bonds. The highest BCUT2D eigenvalue weighted by Crippen LogP contribution is 2.12. The Labute approximate surface area is 143 Å². The number of carbonyl (C=O) groups is 2. The van der Waals surface area contributed by atoms with Crippen LogP contribution < -0.4 is 15.8 Å². The van der Waals surface area contributed by atoms with Gasteiger partial charge < -0.3 is 15.8 Å². The molecule has 0 spiro atoms. The predicted octanol–water partition coefficient (Wildman–Crippen LogP) is 1.80. The van der Waals surface area contributed by atoms with E-state index >= 15 is 0 Å². The summed E-state index contributed by atoms with van der Waals surface area (Å²) in [5.74, 6) is -2.28. The monoisotopic (exact) mass is 348 g/mol. The first-order valence-corrected chi connectivity index (χ1v) is 7.63. The van der Waals surface area contributed by atoms with E-state index in [1.165, 1.54) is 30.3 Å². The molecule has 0 aliphatic heterocycles. The molecular weight excluding hydrogens is 330 g/mol. The van der Waals surface area contributed by atoms with Crippen LogP contribution in [0.3, 0.4) is 0 Å². The summed E-state index contributed by atoms with van der Waals surface area (Å²) in [5.41, 5.74) is 6.08. The van der Waals surface area contributed by atoms with Gasteiger partial charge in [-0.25, -0.2) is 8.78 Å². The van der Waals surface area contributed by atoms with Gasteiger partial charge in [0.2, 0.25) is 5.91 Å². The van der Waals surface area contributed by atoms with Crippen molar-refractivity contribution in [2.75, 3.05) is 13.2 Å². The molecule has 2 rings (SSSR count). The van der Waals surface area contributed by atoms with Crippen LogP contribution >= 0.6 is 0 Å². The van der Waals surface area contributed by atoms with Gasteiger partial charge in [-0.05, 0) is 36.2 Å². The molecule has 25 heavy (non-hydrogen) atoms. The molecule has 0 heterocycles. The fourth-order valence-electron chi connectivity index (χ4n) is 2.17. The van der Waals surface area contributed by atoms with E-state index in [9.17, 15) is 18.4 Å². The van der Waals surface area contributed by atoms with Crippen molar-refractivity contribution < 1.29 is 23.1 Å². The van der Waals surface area contributed by atoms with Crippen molar-refractivity contribution in [2.24, 2.45) is 11.7 Å². The SMILES string of the molecule is NC(=O)C(CNC(=O)COc1cccc(F)c1)Cc1ccc(F)cc1. The van der Waals surface area contributed by atoms with Crippen LogP contribution in [-0.4, -0.2) is 25.0 Å². The zero-order chi connectivity index (χ0) is 18.2. The van der Waals surface area contributed by atoms with Crippen LogP contribution in [0.2, 0.25) is 0 Å². The summed E-state index contributed by atoms with van der Waals surface area (Å²) in [6.45, 7) is -0.288. The molecular formula is C18H18F2N2O3. The Morgan fingerprint density at radius 1 is 1.08 bits per heavy atom. The summed E-state index contributed by atoms with van der Waals surface area (Å²) < 4.78 is 31.1. The largest absolute Gasteiger partial charge is 0.484 e. The van der Waals surface area contributed by atoms with E-state index in [2.05, 4.69) is 5.32 Å². The molecule has 0 fully saturated rings. The van der Waals surface area contributed by atoms with Crippen LogP contribution in [0.25, 0.3) is 0 Å². The fourth-order valence-corrected chi connectivity index (χ4v) is 2.17. The minimum Gasteiger partial charge on any atom is -0.484 e. The zero-order valence-electron chi connectivity index (χ0n) is 13.4. The summed E-state index contributed by atoms with van der Waals surface area (Å²) >= 11 is 0. The van der Waals surface area contributed by atoms with Crippen LogP contribution in [0.15, 0.2) is 48.5 Å². The standard InChI is InChI=1S/C18H18F2N2O3/c19-14-6-4-12(5-7-14)8-13(18(21)24)10-22-17(23)11-25-16-3-1-2-15(20)9-16/h1-7,9,13H,8,10-11H2,(H2,21,24)(H,22,23). The van der Waals surface area contributed by atoms with E-state index < -0.39 is 23.5 Å². The lowest BCUT2D eigenvalue weighted by Crippen LogP contribution is -2.39. The minimum atomic E-state index is -0.636. The van der Waals surface area contributed by atoms with Crippen LogP contribution in [0.5, 0.6) is 5.75 Å². The highest BCUT2D eigenvalue weighted by Gasteiger charge is 2.17. The molecule has 0 radical (unpaired) electrons. The summed E-state index contributed by atoms with van der Waals surface area (Å²) in [6, 6.07) is 11.1. The highest BCUT2D eigenvalue weighted by atomic mass is 19.1. The second-order valence-corrected chi connectivity index (χ2v) is 5.48. The average Bonchev–Trinajstić information content (AvgIpc) is 2.58. The molecule has 0 aliphatic carbocycles.